The number of carbonyl (C=O) groups is 1. The zero-order valence-electron chi connectivity index (χ0n) is 9.88. The number of aromatic nitrogens is 2. The van der Waals surface area contributed by atoms with E-state index in [1.165, 1.54) is 0 Å². The van der Waals surface area contributed by atoms with Gasteiger partial charge in [-0.2, -0.15) is 0 Å². The molecule has 0 radical (unpaired) electrons. The Hall–Kier alpha value is -2.14. The van der Waals surface area contributed by atoms with Crippen LogP contribution in [0, 0.1) is 0 Å². The number of rotatable bonds is 2. The van der Waals surface area contributed by atoms with Crippen molar-refractivity contribution in [1.82, 2.24) is 9.38 Å². The zero-order valence-corrected chi connectivity index (χ0v) is 11.5. The number of imidazole rings is 1. The molecule has 5 heteroatoms. The van der Waals surface area contributed by atoms with Crippen LogP contribution >= 0.6 is 15.9 Å². The summed E-state index contributed by atoms with van der Waals surface area (Å²) in [5, 5.41) is 2.88. The summed E-state index contributed by atoms with van der Waals surface area (Å²) in [6, 6.07) is 11.0. The molecule has 0 atom stereocenters. The van der Waals surface area contributed by atoms with Crippen LogP contribution in [0.4, 0.5) is 5.69 Å². The lowest BCUT2D eigenvalue weighted by molar-refractivity contribution is 0.102. The van der Waals surface area contributed by atoms with Crippen molar-refractivity contribution in [3.8, 4) is 0 Å². The fraction of sp³-hybridized carbons (Fsp3) is 0. The summed E-state index contributed by atoms with van der Waals surface area (Å²) in [5.41, 5.74) is 2.01. The summed E-state index contributed by atoms with van der Waals surface area (Å²) >= 11 is 3.37. The van der Waals surface area contributed by atoms with Gasteiger partial charge in [-0.3, -0.25) is 4.79 Å². The van der Waals surface area contributed by atoms with E-state index in [9.17, 15) is 4.79 Å². The van der Waals surface area contributed by atoms with Crippen LogP contribution in [-0.4, -0.2) is 15.3 Å². The van der Waals surface area contributed by atoms with Crippen molar-refractivity contribution in [1.29, 1.82) is 0 Å². The third-order valence-corrected chi connectivity index (χ3v) is 3.48. The monoisotopic (exact) mass is 315 g/mol. The number of fused-ring (bicyclic) bond motifs is 1. The van der Waals surface area contributed by atoms with E-state index in [-0.39, 0.29) is 5.91 Å². The van der Waals surface area contributed by atoms with Crippen molar-refractivity contribution in [2.24, 2.45) is 0 Å². The van der Waals surface area contributed by atoms with Crippen LogP contribution in [0.2, 0.25) is 0 Å². The van der Waals surface area contributed by atoms with Crippen molar-refractivity contribution in [2.45, 2.75) is 0 Å². The molecule has 2 heterocycles. The van der Waals surface area contributed by atoms with E-state index >= 15 is 0 Å². The first-order valence-electron chi connectivity index (χ1n) is 5.73. The average Bonchev–Trinajstić information content (AvgIpc) is 2.88. The van der Waals surface area contributed by atoms with Gasteiger partial charge in [0.25, 0.3) is 5.91 Å². The van der Waals surface area contributed by atoms with Gasteiger partial charge in [0.2, 0.25) is 0 Å². The van der Waals surface area contributed by atoms with Gasteiger partial charge in [0.15, 0.2) is 5.65 Å². The van der Waals surface area contributed by atoms with Gasteiger partial charge in [0.1, 0.15) is 0 Å². The molecule has 0 aliphatic rings. The smallest absolute Gasteiger partial charge is 0.256 e. The summed E-state index contributed by atoms with van der Waals surface area (Å²) in [7, 11) is 0. The molecule has 1 amide bonds. The minimum atomic E-state index is -0.163. The minimum Gasteiger partial charge on any atom is -0.319 e. The largest absolute Gasteiger partial charge is 0.319 e. The molecule has 1 N–H and O–H groups in total. The van der Waals surface area contributed by atoms with E-state index in [0.717, 1.165) is 10.1 Å². The second kappa shape index (κ2) is 4.85. The van der Waals surface area contributed by atoms with Crippen LogP contribution in [0.5, 0.6) is 0 Å². The first-order valence-corrected chi connectivity index (χ1v) is 6.52. The predicted octanol–water partition coefficient (Wildman–Crippen LogP) is 3.35. The summed E-state index contributed by atoms with van der Waals surface area (Å²) in [6.07, 6.45) is 5.42. The summed E-state index contributed by atoms with van der Waals surface area (Å²) in [6.45, 7) is 0. The first-order chi connectivity index (χ1) is 9.25. The number of amides is 1. The molecule has 94 valence electrons. The topological polar surface area (TPSA) is 46.4 Å². The number of halogens is 1. The second-order valence-corrected chi connectivity index (χ2v) is 4.87. The van der Waals surface area contributed by atoms with Crippen LogP contribution in [0.15, 0.2) is 59.5 Å². The lowest BCUT2D eigenvalue weighted by Gasteiger charge is -2.07. The van der Waals surface area contributed by atoms with Gasteiger partial charge in [-0.25, -0.2) is 4.98 Å². The third-order valence-electron chi connectivity index (χ3n) is 2.79. The molecule has 3 aromatic rings. The third kappa shape index (κ3) is 2.24. The van der Waals surface area contributed by atoms with Crippen molar-refractivity contribution >= 4 is 33.2 Å². The molecular formula is C14H10BrN3O. The number of pyridine rings is 1. The summed E-state index contributed by atoms with van der Waals surface area (Å²) in [5.74, 6) is -0.163. The van der Waals surface area contributed by atoms with Crippen LogP contribution in [0.1, 0.15) is 10.4 Å². The Balaban J connectivity index is 1.95. The van der Waals surface area contributed by atoms with Gasteiger partial charge in [-0.05, 0) is 40.2 Å². The van der Waals surface area contributed by atoms with Crippen molar-refractivity contribution in [3.63, 3.8) is 0 Å². The Bertz CT molecular complexity index is 751. The van der Waals surface area contributed by atoms with Crippen LogP contribution in [0.25, 0.3) is 5.65 Å². The molecule has 0 saturated heterocycles. The molecule has 1 aromatic carbocycles. The van der Waals surface area contributed by atoms with E-state index in [4.69, 9.17) is 0 Å². The maximum absolute atomic E-state index is 12.2. The Labute approximate surface area is 118 Å². The molecule has 3 rings (SSSR count). The van der Waals surface area contributed by atoms with Gasteiger partial charge >= 0.3 is 0 Å². The SMILES string of the molecule is O=C(Nc1cccn2ccnc12)c1ccccc1Br. The highest BCUT2D eigenvalue weighted by Gasteiger charge is 2.11. The maximum atomic E-state index is 12.2. The number of carbonyl (C=O) groups excluding carboxylic acids is 1. The van der Waals surface area contributed by atoms with Crippen molar-refractivity contribution in [3.05, 3.63) is 65.0 Å². The van der Waals surface area contributed by atoms with Gasteiger partial charge in [-0.15, -0.1) is 0 Å². The van der Waals surface area contributed by atoms with E-state index in [2.05, 4.69) is 26.2 Å². The number of nitrogens with one attached hydrogen (secondary N) is 1. The van der Waals surface area contributed by atoms with Gasteiger partial charge in [0, 0.05) is 23.1 Å². The fourth-order valence-electron chi connectivity index (χ4n) is 1.88. The molecule has 0 bridgehead atoms. The highest BCUT2D eigenvalue weighted by atomic mass is 79.9. The molecule has 0 aliphatic carbocycles. The molecule has 2 aromatic heterocycles. The van der Waals surface area contributed by atoms with Crippen molar-refractivity contribution in [2.75, 3.05) is 5.32 Å². The summed E-state index contributed by atoms with van der Waals surface area (Å²) < 4.78 is 2.62. The highest BCUT2D eigenvalue weighted by Crippen LogP contribution is 2.19. The molecule has 0 fully saturated rings. The van der Waals surface area contributed by atoms with Gasteiger partial charge in [-0.1, -0.05) is 12.1 Å². The van der Waals surface area contributed by atoms with Crippen LogP contribution < -0.4 is 5.32 Å². The Kier molecular flexibility index (Phi) is 3.05. The quantitative estimate of drug-likeness (QED) is 0.788. The molecular weight excluding hydrogens is 306 g/mol. The normalized spacial score (nSPS) is 10.6. The molecule has 0 spiro atoms. The van der Waals surface area contributed by atoms with Gasteiger partial charge < -0.3 is 9.72 Å². The Morgan fingerprint density at radius 3 is 2.84 bits per heavy atom. The fourth-order valence-corrected chi connectivity index (χ4v) is 2.35. The lowest BCUT2D eigenvalue weighted by Crippen LogP contribution is -2.13. The number of nitrogens with zero attached hydrogens (tertiary/aromatic N) is 2. The van der Waals surface area contributed by atoms with E-state index < -0.39 is 0 Å². The molecule has 4 nitrogen and oxygen atoms in total. The van der Waals surface area contributed by atoms with Crippen LogP contribution in [0.3, 0.4) is 0 Å². The first kappa shape index (κ1) is 11.9. The van der Waals surface area contributed by atoms with E-state index in [1.807, 2.05) is 47.1 Å². The van der Waals surface area contributed by atoms with Crippen molar-refractivity contribution < 1.29 is 4.79 Å². The minimum absolute atomic E-state index is 0.163. The van der Waals surface area contributed by atoms with Gasteiger partial charge in [0.05, 0.1) is 11.3 Å². The maximum Gasteiger partial charge on any atom is 0.256 e. The predicted molar refractivity (Wildman–Crippen MR) is 77.3 cm³/mol. The molecule has 19 heavy (non-hydrogen) atoms. The number of hydrogen-bond donors (Lipinski definition) is 1. The molecule has 0 saturated carbocycles. The highest BCUT2D eigenvalue weighted by molar-refractivity contribution is 9.10. The lowest BCUT2D eigenvalue weighted by atomic mass is 10.2. The number of anilines is 1. The Morgan fingerprint density at radius 1 is 1.16 bits per heavy atom. The standard InChI is InChI=1S/C14H10BrN3O/c15-11-5-2-1-4-10(11)14(19)17-12-6-3-8-18-9-7-16-13(12)18/h1-9H,(H,17,19). The van der Waals surface area contributed by atoms with Crippen LogP contribution in [-0.2, 0) is 0 Å². The number of hydrogen-bond acceptors (Lipinski definition) is 2. The van der Waals surface area contributed by atoms with E-state index in [0.29, 0.717) is 11.3 Å². The molecule has 0 aliphatic heterocycles. The summed E-state index contributed by atoms with van der Waals surface area (Å²) in [4.78, 5) is 16.4. The molecule has 0 unspecified atom stereocenters. The van der Waals surface area contributed by atoms with E-state index in [1.54, 1.807) is 12.3 Å². The zero-order chi connectivity index (χ0) is 13.2. The second-order valence-electron chi connectivity index (χ2n) is 4.01. The number of benzene rings is 1. The Morgan fingerprint density at radius 2 is 2.00 bits per heavy atom. The average molecular weight is 316 g/mol.